The first-order chi connectivity index (χ1) is 27.1. The molecule has 1 aromatic heterocycles. The summed E-state index contributed by atoms with van der Waals surface area (Å²) in [4.78, 5) is 2.47. The molecule has 0 atom stereocenters. The molecule has 0 N–H and O–H groups in total. The van der Waals surface area contributed by atoms with Crippen LogP contribution in [0, 0.1) is 0 Å². The van der Waals surface area contributed by atoms with E-state index in [1.54, 1.807) is 0 Å². The molecule has 9 aromatic carbocycles. The number of benzene rings is 9. The van der Waals surface area contributed by atoms with E-state index in [0.717, 1.165) is 33.3 Å². The first kappa shape index (κ1) is 31.6. The molecule has 0 bridgehead atoms. The van der Waals surface area contributed by atoms with Crippen LogP contribution >= 0.6 is 0 Å². The van der Waals surface area contributed by atoms with Crippen LogP contribution in [0.5, 0.6) is 0 Å². The number of furan rings is 1. The van der Waals surface area contributed by atoms with E-state index in [1.165, 1.54) is 71.7 Å². The smallest absolute Gasteiger partial charge is 0.137 e. The maximum atomic E-state index is 6.49. The molecule has 10 aromatic rings. The summed E-state index contributed by atoms with van der Waals surface area (Å²) in [6.07, 6.45) is 0. The van der Waals surface area contributed by atoms with Crippen molar-refractivity contribution in [2.24, 2.45) is 0 Å². The van der Waals surface area contributed by atoms with Gasteiger partial charge in [0, 0.05) is 16.5 Å². The third-order valence-electron chi connectivity index (χ3n) is 11.8. The number of rotatable bonds is 5. The number of hydrogen-bond donors (Lipinski definition) is 0. The van der Waals surface area contributed by atoms with E-state index in [4.69, 9.17) is 4.42 Å². The summed E-state index contributed by atoms with van der Waals surface area (Å²) in [5.74, 6) is 0. The average molecular weight is 704 g/mol. The standard InChI is InChI=1S/C53H37NO/c1-53(2)44-33-30-35-16-6-7-19-41(35)50(44)43-23-12-25-46(52(43)53)54(45-24-13-27-48-51(45)42-20-8-9-26-47(42)55-48)38-31-28-36(29-32-38)40-22-11-18-37-17-10-21-39(49(37)40)34-14-4-3-5-15-34/h3-33H,1-2H3. The number of para-hydroxylation sites is 1. The van der Waals surface area contributed by atoms with E-state index >= 15 is 0 Å². The second-order valence-electron chi connectivity index (χ2n) is 15.2. The Labute approximate surface area is 320 Å². The van der Waals surface area contributed by atoms with Gasteiger partial charge in [0.15, 0.2) is 0 Å². The van der Waals surface area contributed by atoms with Crippen LogP contribution in [-0.2, 0) is 5.41 Å². The molecule has 11 rings (SSSR count). The van der Waals surface area contributed by atoms with Gasteiger partial charge in [-0.2, -0.15) is 0 Å². The molecule has 1 aliphatic rings. The van der Waals surface area contributed by atoms with Gasteiger partial charge in [0.25, 0.3) is 0 Å². The monoisotopic (exact) mass is 703 g/mol. The number of anilines is 3. The van der Waals surface area contributed by atoms with Crippen LogP contribution in [0.3, 0.4) is 0 Å². The molecule has 1 aliphatic carbocycles. The topological polar surface area (TPSA) is 16.4 Å². The molecule has 2 heteroatoms. The highest BCUT2D eigenvalue weighted by Gasteiger charge is 2.40. The third-order valence-corrected chi connectivity index (χ3v) is 11.8. The van der Waals surface area contributed by atoms with E-state index in [-0.39, 0.29) is 5.41 Å². The van der Waals surface area contributed by atoms with Crippen LogP contribution in [0.1, 0.15) is 25.0 Å². The second kappa shape index (κ2) is 12.1. The number of hydrogen-bond acceptors (Lipinski definition) is 2. The van der Waals surface area contributed by atoms with Gasteiger partial charge in [-0.05, 0) is 102 Å². The summed E-state index contributed by atoms with van der Waals surface area (Å²) in [5.41, 5.74) is 15.1. The number of fused-ring (bicyclic) bond motifs is 9. The van der Waals surface area contributed by atoms with Crippen molar-refractivity contribution < 1.29 is 4.42 Å². The fraction of sp³-hybridized carbons (Fsp3) is 0.0566. The van der Waals surface area contributed by atoms with Crippen LogP contribution in [0.15, 0.2) is 192 Å². The lowest BCUT2D eigenvalue weighted by Gasteiger charge is -2.32. The van der Waals surface area contributed by atoms with Crippen LogP contribution < -0.4 is 4.90 Å². The van der Waals surface area contributed by atoms with Gasteiger partial charge in [-0.3, -0.25) is 0 Å². The molecule has 0 spiro atoms. The molecule has 55 heavy (non-hydrogen) atoms. The zero-order valence-corrected chi connectivity index (χ0v) is 30.8. The second-order valence-corrected chi connectivity index (χ2v) is 15.2. The van der Waals surface area contributed by atoms with Crippen molar-refractivity contribution in [2.45, 2.75) is 19.3 Å². The molecule has 260 valence electrons. The molecule has 0 saturated heterocycles. The van der Waals surface area contributed by atoms with E-state index in [2.05, 4.69) is 201 Å². The van der Waals surface area contributed by atoms with Gasteiger partial charge in [0.2, 0.25) is 0 Å². The van der Waals surface area contributed by atoms with Gasteiger partial charge in [0.05, 0.1) is 16.8 Å². The predicted molar refractivity (Wildman–Crippen MR) is 232 cm³/mol. The zero-order chi connectivity index (χ0) is 36.7. The highest BCUT2D eigenvalue weighted by atomic mass is 16.3. The average Bonchev–Trinajstić information content (AvgIpc) is 3.74. The Hall–Kier alpha value is -6.90. The largest absolute Gasteiger partial charge is 0.456 e. The number of nitrogens with zero attached hydrogens (tertiary/aromatic N) is 1. The Bertz CT molecular complexity index is 3110. The zero-order valence-electron chi connectivity index (χ0n) is 30.8. The van der Waals surface area contributed by atoms with Crippen molar-refractivity contribution in [3.63, 3.8) is 0 Å². The summed E-state index contributed by atoms with van der Waals surface area (Å²) in [7, 11) is 0. The minimum atomic E-state index is -0.243. The Morgan fingerprint density at radius 3 is 1.82 bits per heavy atom. The van der Waals surface area contributed by atoms with Crippen LogP contribution in [0.2, 0.25) is 0 Å². The Morgan fingerprint density at radius 2 is 1.02 bits per heavy atom. The predicted octanol–water partition coefficient (Wildman–Crippen LogP) is 15.0. The first-order valence-corrected chi connectivity index (χ1v) is 19.1. The van der Waals surface area contributed by atoms with Crippen molar-refractivity contribution in [1.29, 1.82) is 0 Å². The van der Waals surface area contributed by atoms with Gasteiger partial charge in [-0.1, -0.05) is 166 Å². The molecule has 1 heterocycles. The lowest BCUT2D eigenvalue weighted by molar-refractivity contribution is 0.661. The third kappa shape index (κ3) is 4.74. The van der Waals surface area contributed by atoms with E-state index in [0.29, 0.717) is 0 Å². The van der Waals surface area contributed by atoms with E-state index in [1.807, 2.05) is 6.07 Å². The maximum Gasteiger partial charge on any atom is 0.137 e. The van der Waals surface area contributed by atoms with Crippen LogP contribution in [0.25, 0.3) is 76.9 Å². The van der Waals surface area contributed by atoms with Crippen LogP contribution in [-0.4, -0.2) is 0 Å². The summed E-state index contributed by atoms with van der Waals surface area (Å²) >= 11 is 0. The Balaban J connectivity index is 1.15. The molecule has 0 fully saturated rings. The van der Waals surface area contributed by atoms with Gasteiger partial charge in [-0.15, -0.1) is 0 Å². The van der Waals surface area contributed by atoms with Gasteiger partial charge < -0.3 is 9.32 Å². The lowest BCUT2D eigenvalue weighted by Crippen LogP contribution is -2.20. The molecule has 0 amide bonds. The van der Waals surface area contributed by atoms with Crippen molar-refractivity contribution in [3.05, 3.63) is 199 Å². The molecule has 0 radical (unpaired) electrons. The highest BCUT2D eigenvalue weighted by molar-refractivity contribution is 6.14. The van der Waals surface area contributed by atoms with E-state index in [9.17, 15) is 0 Å². The quantitative estimate of drug-likeness (QED) is 0.177. The molecule has 0 aliphatic heterocycles. The lowest BCUT2D eigenvalue weighted by atomic mass is 9.81. The maximum absolute atomic E-state index is 6.49. The minimum Gasteiger partial charge on any atom is -0.456 e. The SMILES string of the molecule is CC1(C)c2ccc3ccccc3c2-c2cccc(N(c3ccc(-c4cccc5cccc(-c6ccccc6)c45)cc3)c3cccc4oc5ccccc5c34)c21. The summed E-state index contributed by atoms with van der Waals surface area (Å²) in [6, 6.07) is 68.3. The summed E-state index contributed by atoms with van der Waals surface area (Å²) in [6.45, 7) is 4.77. The van der Waals surface area contributed by atoms with Crippen molar-refractivity contribution in [1.82, 2.24) is 0 Å². The van der Waals surface area contributed by atoms with Crippen molar-refractivity contribution in [3.8, 4) is 33.4 Å². The first-order valence-electron chi connectivity index (χ1n) is 19.1. The summed E-state index contributed by atoms with van der Waals surface area (Å²) < 4.78 is 6.49. The minimum absolute atomic E-state index is 0.243. The Morgan fingerprint density at radius 1 is 0.418 bits per heavy atom. The molecular formula is C53H37NO. The van der Waals surface area contributed by atoms with Crippen molar-refractivity contribution >= 4 is 60.5 Å². The molecule has 0 unspecified atom stereocenters. The van der Waals surface area contributed by atoms with Crippen LogP contribution in [0.4, 0.5) is 17.1 Å². The molecular weight excluding hydrogens is 667 g/mol. The fourth-order valence-electron chi connectivity index (χ4n) is 9.39. The molecule has 2 nitrogen and oxygen atoms in total. The van der Waals surface area contributed by atoms with Gasteiger partial charge in [0.1, 0.15) is 11.2 Å². The normalized spacial score (nSPS) is 13.1. The van der Waals surface area contributed by atoms with Gasteiger partial charge in [-0.25, -0.2) is 0 Å². The van der Waals surface area contributed by atoms with E-state index < -0.39 is 0 Å². The molecule has 0 saturated carbocycles. The van der Waals surface area contributed by atoms with Crippen molar-refractivity contribution in [2.75, 3.05) is 4.90 Å². The highest BCUT2D eigenvalue weighted by Crippen LogP contribution is 2.56. The Kier molecular flexibility index (Phi) is 6.93. The fourth-order valence-corrected chi connectivity index (χ4v) is 9.39. The van der Waals surface area contributed by atoms with Gasteiger partial charge >= 0.3 is 0 Å². The summed E-state index contributed by atoms with van der Waals surface area (Å²) in [5, 5.41) is 7.29.